The number of methoxy groups -OCH3 is 2. The average Bonchev–Trinajstić information content (AvgIpc) is 3.21. The number of carbonyl (C=O) groups excluding carboxylic acids is 4. The van der Waals surface area contributed by atoms with E-state index in [1.165, 1.54) is 0 Å². The lowest BCUT2D eigenvalue weighted by Gasteiger charge is -2.30. The molecule has 2 aliphatic rings. The van der Waals surface area contributed by atoms with Gasteiger partial charge >= 0.3 is 23.9 Å². The molecule has 14 heteroatoms. The van der Waals surface area contributed by atoms with Crippen molar-refractivity contribution >= 4 is 23.9 Å². The molecule has 0 aromatic heterocycles. The third-order valence-electron chi connectivity index (χ3n) is 10.1. The molecule has 60 heavy (non-hydrogen) atoms. The van der Waals surface area contributed by atoms with Crippen LogP contribution in [0.4, 0.5) is 0 Å². The summed E-state index contributed by atoms with van der Waals surface area (Å²) < 4.78 is 45.2. The van der Waals surface area contributed by atoms with E-state index in [0.29, 0.717) is 92.4 Å². The van der Waals surface area contributed by atoms with E-state index in [-0.39, 0.29) is 26.4 Å². The van der Waals surface area contributed by atoms with Crippen molar-refractivity contribution < 1.29 is 57.1 Å². The van der Waals surface area contributed by atoms with E-state index in [1.54, 1.807) is 93.9 Å². The lowest BCUT2D eigenvalue weighted by molar-refractivity contribution is -0.141. The number of esters is 4. The minimum absolute atomic E-state index is 0.184. The lowest BCUT2D eigenvalue weighted by atomic mass is 9.80. The quantitative estimate of drug-likeness (QED) is 0.0724. The highest BCUT2D eigenvalue weighted by molar-refractivity contribution is 6.01. The van der Waals surface area contributed by atoms with Crippen LogP contribution in [-0.2, 0) is 38.1 Å². The van der Waals surface area contributed by atoms with Crippen molar-refractivity contribution in [3.63, 3.8) is 0 Å². The Kier molecular flexibility index (Phi) is 17.5. The molecule has 326 valence electrons. The number of unbranched alkanes of at least 4 members (excludes halogenated alkanes) is 3. The molecule has 0 aliphatic carbocycles. The second-order valence-corrected chi connectivity index (χ2v) is 14.1. The number of ether oxygens (including phenoxy) is 8. The van der Waals surface area contributed by atoms with Crippen molar-refractivity contribution in [2.75, 3.05) is 53.9 Å². The molecular weight excluding hydrogens is 773 g/mol. The van der Waals surface area contributed by atoms with Gasteiger partial charge in [0.15, 0.2) is 23.0 Å². The van der Waals surface area contributed by atoms with Gasteiger partial charge in [-0.25, -0.2) is 19.2 Å². The molecule has 0 bridgehead atoms. The summed E-state index contributed by atoms with van der Waals surface area (Å²) in [6.45, 7) is 15.7. The zero-order valence-electron chi connectivity index (χ0n) is 36.6. The number of carbonyl (C=O) groups is 4. The van der Waals surface area contributed by atoms with Crippen molar-refractivity contribution in [1.82, 2.24) is 10.6 Å². The van der Waals surface area contributed by atoms with Gasteiger partial charge in [-0.3, -0.25) is 0 Å². The Bertz CT molecular complexity index is 1800. The Hall–Kier alpha value is -5.92. The normalized spacial score (nSPS) is 14.6. The van der Waals surface area contributed by atoms with Crippen molar-refractivity contribution in [1.29, 1.82) is 0 Å². The molecule has 0 unspecified atom stereocenters. The summed E-state index contributed by atoms with van der Waals surface area (Å²) in [5.41, 5.74) is 4.99. The minimum Gasteiger partial charge on any atom is -0.493 e. The predicted octanol–water partition coefficient (Wildman–Crippen LogP) is 7.44. The van der Waals surface area contributed by atoms with Crippen LogP contribution in [0.1, 0.15) is 104 Å². The lowest BCUT2D eigenvalue weighted by Crippen LogP contribution is -2.32. The van der Waals surface area contributed by atoms with Gasteiger partial charge in [0.1, 0.15) is 0 Å². The van der Waals surface area contributed by atoms with Crippen molar-refractivity contribution in [3.05, 3.63) is 92.6 Å². The van der Waals surface area contributed by atoms with Gasteiger partial charge in [-0.05, 0) is 116 Å². The highest BCUT2D eigenvalue weighted by Gasteiger charge is 2.40. The third kappa shape index (κ3) is 11.0. The molecule has 2 heterocycles. The van der Waals surface area contributed by atoms with Crippen LogP contribution in [0.5, 0.6) is 23.0 Å². The van der Waals surface area contributed by atoms with Gasteiger partial charge in [0.2, 0.25) is 0 Å². The molecule has 0 fully saturated rings. The molecule has 14 nitrogen and oxygen atoms in total. The van der Waals surface area contributed by atoms with Crippen LogP contribution in [0.25, 0.3) is 0 Å². The summed E-state index contributed by atoms with van der Waals surface area (Å²) in [6.07, 6.45) is 3.33. The van der Waals surface area contributed by atoms with Crippen LogP contribution in [0.15, 0.2) is 81.5 Å². The molecule has 0 saturated heterocycles. The van der Waals surface area contributed by atoms with Crippen molar-refractivity contribution in [2.45, 2.75) is 92.9 Å². The standard InChI is InChI=1S/C46H60N2O12/c1-11-55-43(49)37-27(5)47-28(6)38(44(50)56-12-2)41(37)31-19-21-33(35(25-31)53-9)59-23-17-15-16-18-24-60-34-22-20-32(26-36(34)54-10)42-39(45(51)57-13-3)29(7)48-30(8)40(42)46(52)58-14-4/h19-22,25-26,41-42,47-48H,11-18,23-24H2,1-10H3. The summed E-state index contributed by atoms with van der Waals surface area (Å²) >= 11 is 0. The van der Waals surface area contributed by atoms with Crippen LogP contribution in [0, 0.1) is 0 Å². The van der Waals surface area contributed by atoms with Gasteiger partial charge in [0.05, 0.1) is 88.0 Å². The first-order valence-electron chi connectivity index (χ1n) is 20.5. The Labute approximate surface area is 353 Å². The van der Waals surface area contributed by atoms with Gasteiger partial charge < -0.3 is 48.5 Å². The highest BCUT2D eigenvalue weighted by atomic mass is 16.5. The minimum atomic E-state index is -0.738. The molecule has 0 saturated carbocycles. The fraction of sp³-hybridized carbons (Fsp3) is 0.478. The molecule has 2 aromatic rings. The van der Waals surface area contributed by atoms with Crippen LogP contribution < -0.4 is 29.6 Å². The number of nitrogens with one attached hydrogen (secondary N) is 2. The van der Waals surface area contributed by atoms with Gasteiger partial charge in [-0.2, -0.15) is 0 Å². The smallest absolute Gasteiger partial charge is 0.336 e. The topological polar surface area (TPSA) is 166 Å². The number of hydrogen-bond acceptors (Lipinski definition) is 14. The summed E-state index contributed by atoms with van der Waals surface area (Å²) in [7, 11) is 3.09. The van der Waals surface area contributed by atoms with E-state index in [9.17, 15) is 19.2 Å². The molecule has 0 atom stereocenters. The molecule has 2 N–H and O–H groups in total. The maximum Gasteiger partial charge on any atom is 0.336 e. The Morgan fingerprint density at radius 2 is 0.767 bits per heavy atom. The molecule has 2 aliphatic heterocycles. The fourth-order valence-corrected chi connectivity index (χ4v) is 7.46. The van der Waals surface area contributed by atoms with Crippen LogP contribution in [-0.4, -0.2) is 77.7 Å². The van der Waals surface area contributed by atoms with Crippen molar-refractivity contribution in [2.24, 2.45) is 0 Å². The predicted molar refractivity (Wildman–Crippen MR) is 225 cm³/mol. The molecule has 4 rings (SSSR count). The Morgan fingerprint density at radius 1 is 0.467 bits per heavy atom. The molecule has 0 spiro atoms. The van der Waals surface area contributed by atoms with E-state index < -0.39 is 35.7 Å². The van der Waals surface area contributed by atoms with Crippen LogP contribution in [0.3, 0.4) is 0 Å². The Morgan fingerprint density at radius 3 is 1.03 bits per heavy atom. The van der Waals surface area contributed by atoms with E-state index in [1.807, 2.05) is 12.1 Å². The largest absolute Gasteiger partial charge is 0.493 e. The summed E-state index contributed by atoms with van der Waals surface area (Å²) in [6, 6.07) is 10.8. The van der Waals surface area contributed by atoms with Crippen molar-refractivity contribution in [3.8, 4) is 23.0 Å². The SMILES string of the molecule is CCOC(=O)C1=C(C)NC(C)=C(C(=O)OCC)C1c1ccc(OCCCCCCOc2ccc(C3C(C(=O)OCC)=C(C)NC(C)=C3C(=O)OCC)cc2OC)c(OC)c1. The monoisotopic (exact) mass is 832 g/mol. The number of benzene rings is 2. The molecular formula is C46H60N2O12. The van der Waals surface area contributed by atoms with Gasteiger partial charge in [-0.1, -0.05) is 12.1 Å². The van der Waals surface area contributed by atoms with Gasteiger partial charge in [0, 0.05) is 22.8 Å². The first-order valence-corrected chi connectivity index (χ1v) is 20.5. The maximum absolute atomic E-state index is 13.2. The second kappa shape index (κ2) is 22.5. The first kappa shape index (κ1) is 46.8. The number of allylic oxidation sites excluding steroid dienone is 4. The number of rotatable bonds is 21. The van der Waals surface area contributed by atoms with Gasteiger partial charge in [0.25, 0.3) is 0 Å². The number of hydrogen-bond donors (Lipinski definition) is 2. The molecule has 0 amide bonds. The summed E-state index contributed by atoms with van der Waals surface area (Å²) in [5.74, 6) is -1.55. The zero-order valence-corrected chi connectivity index (χ0v) is 36.6. The first-order chi connectivity index (χ1) is 28.9. The van der Waals surface area contributed by atoms with E-state index in [4.69, 9.17) is 37.9 Å². The van der Waals surface area contributed by atoms with Crippen LogP contribution in [0.2, 0.25) is 0 Å². The fourth-order valence-electron chi connectivity index (χ4n) is 7.46. The molecule has 2 aromatic carbocycles. The van der Waals surface area contributed by atoms with Crippen LogP contribution >= 0.6 is 0 Å². The summed E-state index contributed by atoms with van der Waals surface area (Å²) in [5, 5.41) is 6.30. The van der Waals surface area contributed by atoms with E-state index in [2.05, 4.69) is 10.6 Å². The van der Waals surface area contributed by atoms with E-state index >= 15 is 0 Å². The highest BCUT2D eigenvalue weighted by Crippen LogP contribution is 2.44. The third-order valence-corrected chi connectivity index (χ3v) is 10.1. The maximum atomic E-state index is 13.2. The Balaban J connectivity index is 1.38. The second-order valence-electron chi connectivity index (χ2n) is 14.1. The zero-order chi connectivity index (χ0) is 43.9. The average molecular weight is 833 g/mol. The van der Waals surface area contributed by atoms with E-state index in [0.717, 1.165) is 25.7 Å². The van der Waals surface area contributed by atoms with Gasteiger partial charge in [-0.15, -0.1) is 0 Å². The number of dihydropyridines is 2. The molecule has 0 radical (unpaired) electrons. The summed E-state index contributed by atoms with van der Waals surface area (Å²) in [4.78, 5) is 52.8.